The summed E-state index contributed by atoms with van der Waals surface area (Å²) in [7, 11) is -2.84. The van der Waals surface area contributed by atoms with Crippen molar-refractivity contribution in [3.8, 4) is 0 Å². The number of rotatable bonds is 5. The third-order valence-corrected chi connectivity index (χ3v) is 7.16. The van der Waals surface area contributed by atoms with Gasteiger partial charge in [-0.25, -0.2) is 13.4 Å². The molecule has 140 valence electrons. The van der Waals surface area contributed by atoms with Gasteiger partial charge in [-0.05, 0) is 37.2 Å². The van der Waals surface area contributed by atoms with Crippen LogP contribution in [0.5, 0.6) is 0 Å². The molecule has 2 fully saturated rings. The number of guanidine groups is 1. The molecule has 0 spiro atoms. The van der Waals surface area contributed by atoms with E-state index in [1.165, 1.54) is 19.3 Å². The third kappa shape index (κ3) is 5.49. The minimum absolute atomic E-state index is 0.176. The molecule has 1 aliphatic carbocycles. The summed E-state index contributed by atoms with van der Waals surface area (Å²) < 4.78 is 28.4. The van der Waals surface area contributed by atoms with Crippen LogP contribution in [0, 0.1) is 11.8 Å². The van der Waals surface area contributed by atoms with E-state index in [1.807, 2.05) is 6.07 Å². The molecule has 2 aliphatic rings. The van der Waals surface area contributed by atoms with Crippen molar-refractivity contribution >= 4 is 15.8 Å². The SMILES string of the molecule is CC1CCCCC1NC(=NCc1ccoc1)NCC1CCS(=O)(=O)C1. The van der Waals surface area contributed by atoms with E-state index in [2.05, 4.69) is 22.5 Å². The van der Waals surface area contributed by atoms with Gasteiger partial charge < -0.3 is 15.1 Å². The van der Waals surface area contributed by atoms with Gasteiger partial charge in [0.1, 0.15) is 0 Å². The van der Waals surface area contributed by atoms with Gasteiger partial charge >= 0.3 is 0 Å². The molecule has 1 aliphatic heterocycles. The minimum Gasteiger partial charge on any atom is -0.472 e. The summed E-state index contributed by atoms with van der Waals surface area (Å²) in [5, 5.41) is 6.95. The Labute approximate surface area is 150 Å². The van der Waals surface area contributed by atoms with Crippen molar-refractivity contribution in [3.63, 3.8) is 0 Å². The predicted octanol–water partition coefficient (Wildman–Crippen LogP) is 2.33. The van der Waals surface area contributed by atoms with Gasteiger partial charge in [0.25, 0.3) is 0 Å². The van der Waals surface area contributed by atoms with Crippen LogP contribution >= 0.6 is 0 Å². The quantitative estimate of drug-likeness (QED) is 0.616. The molecule has 1 aromatic heterocycles. The molecule has 25 heavy (non-hydrogen) atoms. The lowest BCUT2D eigenvalue weighted by molar-refractivity contribution is 0.306. The summed E-state index contributed by atoms with van der Waals surface area (Å²) in [6.07, 6.45) is 9.04. The molecule has 2 N–H and O–H groups in total. The molecular formula is C18H29N3O3S. The summed E-state index contributed by atoms with van der Waals surface area (Å²) in [6, 6.07) is 2.34. The van der Waals surface area contributed by atoms with Gasteiger partial charge in [-0.1, -0.05) is 19.8 Å². The van der Waals surface area contributed by atoms with E-state index < -0.39 is 9.84 Å². The minimum atomic E-state index is -2.84. The Morgan fingerprint density at radius 3 is 2.84 bits per heavy atom. The highest BCUT2D eigenvalue weighted by atomic mass is 32.2. The summed E-state index contributed by atoms with van der Waals surface area (Å²) >= 11 is 0. The zero-order valence-corrected chi connectivity index (χ0v) is 15.7. The molecule has 3 atom stereocenters. The number of hydrogen-bond donors (Lipinski definition) is 2. The fourth-order valence-electron chi connectivity index (χ4n) is 3.69. The van der Waals surface area contributed by atoms with Crippen molar-refractivity contribution in [1.29, 1.82) is 0 Å². The van der Waals surface area contributed by atoms with Gasteiger partial charge in [0.15, 0.2) is 15.8 Å². The molecule has 1 saturated carbocycles. The molecule has 7 heteroatoms. The monoisotopic (exact) mass is 367 g/mol. The lowest BCUT2D eigenvalue weighted by Crippen LogP contribution is -2.48. The van der Waals surface area contributed by atoms with Crippen LogP contribution in [0.15, 0.2) is 28.0 Å². The summed E-state index contributed by atoms with van der Waals surface area (Å²) in [4.78, 5) is 4.68. The van der Waals surface area contributed by atoms with Crippen molar-refractivity contribution in [2.24, 2.45) is 16.8 Å². The molecule has 3 rings (SSSR count). The first kappa shape index (κ1) is 18.3. The molecule has 0 aromatic carbocycles. The first-order chi connectivity index (χ1) is 12.0. The molecule has 3 unspecified atom stereocenters. The molecular weight excluding hydrogens is 338 g/mol. The Morgan fingerprint density at radius 2 is 2.16 bits per heavy atom. The Balaban J connectivity index is 1.60. The first-order valence-corrected chi connectivity index (χ1v) is 11.1. The number of sulfone groups is 1. The molecule has 1 saturated heterocycles. The average Bonchev–Trinajstić information content (AvgIpc) is 3.21. The number of nitrogens with one attached hydrogen (secondary N) is 2. The van der Waals surface area contributed by atoms with Crippen LogP contribution in [-0.4, -0.2) is 38.5 Å². The second-order valence-corrected chi connectivity index (χ2v) is 9.69. The van der Waals surface area contributed by atoms with Crippen LogP contribution in [0.3, 0.4) is 0 Å². The van der Waals surface area contributed by atoms with Crippen molar-refractivity contribution < 1.29 is 12.8 Å². The van der Waals surface area contributed by atoms with Crippen LogP contribution in [0.1, 0.15) is 44.6 Å². The van der Waals surface area contributed by atoms with Gasteiger partial charge in [0.05, 0.1) is 30.6 Å². The fourth-order valence-corrected chi connectivity index (χ4v) is 5.55. The van der Waals surface area contributed by atoms with Crippen LogP contribution in [0.25, 0.3) is 0 Å². The van der Waals surface area contributed by atoms with Gasteiger partial charge in [0, 0.05) is 18.2 Å². The van der Waals surface area contributed by atoms with Crippen LogP contribution in [0.4, 0.5) is 0 Å². The second kappa shape index (κ2) is 8.25. The molecule has 2 heterocycles. The molecule has 0 amide bonds. The third-order valence-electron chi connectivity index (χ3n) is 5.32. The average molecular weight is 368 g/mol. The Morgan fingerprint density at radius 1 is 1.32 bits per heavy atom. The lowest BCUT2D eigenvalue weighted by Gasteiger charge is -2.31. The standard InChI is InChI=1S/C18H29N3O3S/c1-14-4-2-3-5-17(14)21-18(19-10-15-6-8-24-12-15)20-11-16-7-9-25(22,23)13-16/h6,8,12,14,16-17H,2-5,7,9-11,13H2,1H3,(H2,19,20,21). The molecule has 1 aromatic rings. The number of hydrogen-bond acceptors (Lipinski definition) is 4. The lowest BCUT2D eigenvalue weighted by atomic mass is 9.86. The highest BCUT2D eigenvalue weighted by molar-refractivity contribution is 7.91. The van der Waals surface area contributed by atoms with Crippen LogP contribution in [-0.2, 0) is 16.4 Å². The topological polar surface area (TPSA) is 83.7 Å². The predicted molar refractivity (Wildman–Crippen MR) is 99.2 cm³/mol. The van der Waals surface area contributed by atoms with E-state index in [0.29, 0.717) is 30.8 Å². The van der Waals surface area contributed by atoms with Crippen molar-refractivity contribution in [3.05, 3.63) is 24.2 Å². The van der Waals surface area contributed by atoms with Crippen molar-refractivity contribution in [1.82, 2.24) is 10.6 Å². The van der Waals surface area contributed by atoms with E-state index in [9.17, 15) is 8.42 Å². The van der Waals surface area contributed by atoms with Gasteiger partial charge in [0.2, 0.25) is 0 Å². The van der Waals surface area contributed by atoms with E-state index in [-0.39, 0.29) is 11.7 Å². The largest absolute Gasteiger partial charge is 0.472 e. The summed E-state index contributed by atoms with van der Waals surface area (Å²) in [5.41, 5.74) is 1.03. The summed E-state index contributed by atoms with van der Waals surface area (Å²) in [6.45, 7) is 3.49. The fraction of sp³-hybridized carbons (Fsp3) is 0.722. The molecule has 0 bridgehead atoms. The zero-order valence-electron chi connectivity index (χ0n) is 14.9. The van der Waals surface area contributed by atoms with Crippen molar-refractivity contribution in [2.75, 3.05) is 18.1 Å². The Hall–Kier alpha value is -1.50. The van der Waals surface area contributed by atoms with E-state index in [1.54, 1.807) is 12.5 Å². The summed E-state index contributed by atoms with van der Waals surface area (Å²) in [5.74, 6) is 2.18. The van der Waals surface area contributed by atoms with Crippen LogP contribution in [0.2, 0.25) is 0 Å². The smallest absolute Gasteiger partial charge is 0.191 e. The number of furan rings is 1. The number of nitrogens with zero attached hydrogens (tertiary/aromatic N) is 1. The van der Waals surface area contributed by atoms with Gasteiger partial charge in [-0.15, -0.1) is 0 Å². The van der Waals surface area contributed by atoms with Crippen molar-refractivity contribution in [2.45, 2.75) is 51.6 Å². The Bertz CT molecular complexity index is 670. The van der Waals surface area contributed by atoms with E-state index in [4.69, 9.17) is 4.42 Å². The van der Waals surface area contributed by atoms with Gasteiger partial charge in [-0.3, -0.25) is 0 Å². The Kier molecular flexibility index (Phi) is 6.04. The highest BCUT2D eigenvalue weighted by Crippen LogP contribution is 2.23. The highest BCUT2D eigenvalue weighted by Gasteiger charge is 2.28. The zero-order chi connectivity index (χ0) is 17.7. The van der Waals surface area contributed by atoms with E-state index in [0.717, 1.165) is 24.4 Å². The molecule has 0 radical (unpaired) electrons. The molecule has 6 nitrogen and oxygen atoms in total. The first-order valence-electron chi connectivity index (χ1n) is 9.28. The maximum absolute atomic E-state index is 11.6. The normalized spacial score (nSPS) is 29.5. The second-order valence-electron chi connectivity index (χ2n) is 7.46. The van der Waals surface area contributed by atoms with Gasteiger partial charge in [-0.2, -0.15) is 0 Å². The maximum Gasteiger partial charge on any atom is 0.191 e. The van der Waals surface area contributed by atoms with Crippen LogP contribution < -0.4 is 10.6 Å². The number of aliphatic imine (C=N–C) groups is 1. The maximum atomic E-state index is 11.6. The van der Waals surface area contributed by atoms with E-state index >= 15 is 0 Å².